The van der Waals surface area contributed by atoms with Crippen molar-refractivity contribution in [2.75, 3.05) is 27.4 Å². The van der Waals surface area contributed by atoms with E-state index in [4.69, 9.17) is 14.2 Å². The lowest BCUT2D eigenvalue weighted by molar-refractivity contribution is -0.0593. The molecule has 0 aliphatic rings. The highest BCUT2D eigenvalue weighted by Crippen LogP contribution is 2.28. The monoisotopic (exact) mass is 353 g/mol. The van der Waals surface area contributed by atoms with Gasteiger partial charge in [0.15, 0.2) is 11.5 Å². The predicted molar refractivity (Wildman–Crippen MR) is 101 cm³/mol. The first kappa shape index (κ1) is 21.7. The Hall–Kier alpha value is -1.30. The molecule has 1 aromatic rings. The zero-order valence-electron chi connectivity index (χ0n) is 16.8. The number of ether oxygens (including phenoxy) is 3. The number of benzene rings is 1. The lowest BCUT2D eigenvalue weighted by Gasteiger charge is -2.31. The van der Waals surface area contributed by atoms with Crippen LogP contribution in [0.4, 0.5) is 0 Å². The largest absolute Gasteiger partial charge is 0.493 e. The fourth-order valence-electron chi connectivity index (χ4n) is 2.54. The minimum absolute atomic E-state index is 0.245. The van der Waals surface area contributed by atoms with Crippen molar-refractivity contribution in [2.45, 2.75) is 65.3 Å². The van der Waals surface area contributed by atoms with Gasteiger partial charge in [0.1, 0.15) is 0 Å². The van der Waals surface area contributed by atoms with Crippen LogP contribution in [0.3, 0.4) is 0 Å². The summed E-state index contributed by atoms with van der Waals surface area (Å²) in [6.45, 7) is 12.0. The van der Waals surface area contributed by atoms with Crippen molar-refractivity contribution in [3.63, 3.8) is 0 Å². The van der Waals surface area contributed by atoms with Crippen LogP contribution in [0.2, 0.25) is 0 Å². The lowest BCUT2D eigenvalue weighted by atomic mass is 10.1. The van der Waals surface area contributed by atoms with E-state index in [0.29, 0.717) is 19.2 Å². The van der Waals surface area contributed by atoms with Gasteiger partial charge in [-0.3, -0.25) is 4.90 Å². The third-order valence-corrected chi connectivity index (χ3v) is 4.20. The first-order valence-corrected chi connectivity index (χ1v) is 8.97. The van der Waals surface area contributed by atoms with E-state index < -0.39 is 6.10 Å². The number of nitrogens with zero attached hydrogens (tertiary/aromatic N) is 1. The standard InChI is InChI=1S/C20H35NO4/c1-8-15(2)21(13-17(22)14-25-20(3,4)5)12-16-9-10-18(23-6)19(11-16)24-7/h9-11,15,17,22H,8,12-14H2,1-7H3/t15-,17-/m1/s1. The Morgan fingerprint density at radius 2 is 1.76 bits per heavy atom. The number of rotatable bonds is 10. The predicted octanol–water partition coefficient (Wildman–Crippen LogP) is 3.48. The first-order valence-electron chi connectivity index (χ1n) is 8.97. The molecule has 0 aliphatic heterocycles. The molecule has 0 heterocycles. The third kappa shape index (κ3) is 7.63. The van der Waals surface area contributed by atoms with Gasteiger partial charge in [0.2, 0.25) is 0 Å². The van der Waals surface area contributed by atoms with Gasteiger partial charge in [-0.05, 0) is 51.8 Å². The summed E-state index contributed by atoms with van der Waals surface area (Å²) in [6, 6.07) is 6.31. The molecule has 0 aliphatic carbocycles. The van der Waals surface area contributed by atoms with Crippen LogP contribution in [0.25, 0.3) is 0 Å². The molecule has 1 N–H and O–H groups in total. The minimum atomic E-state index is -0.520. The molecule has 5 heteroatoms. The zero-order chi connectivity index (χ0) is 19.0. The van der Waals surface area contributed by atoms with Crippen molar-refractivity contribution in [3.8, 4) is 11.5 Å². The first-order chi connectivity index (χ1) is 11.7. The van der Waals surface area contributed by atoms with Crippen LogP contribution in [-0.2, 0) is 11.3 Å². The van der Waals surface area contributed by atoms with Crippen molar-refractivity contribution in [3.05, 3.63) is 23.8 Å². The van der Waals surface area contributed by atoms with Gasteiger partial charge in [0.25, 0.3) is 0 Å². The van der Waals surface area contributed by atoms with Gasteiger partial charge < -0.3 is 19.3 Å². The SMILES string of the molecule is CC[C@@H](C)N(Cc1ccc(OC)c(OC)c1)C[C@@H](O)COC(C)(C)C. The van der Waals surface area contributed by atoms with Crippen LogP contribution >= 0.6 is 0 Å². The highest BCUT2D eigenvalue weighted by atomic mass is 16.5. The Morgan fingerprint density at radius 1 is 1.12 bits per heavy atom. The molecule has 0 amide bonds. The van der Waals surface area contributed by atoms with E-state index in [0.717, 1.165) is 30.0 Å². The molecule has 0 radical (unpaired) electrons. The fraction of sp³-hybridized carbons (Fsp3) is 0.700. The van der Waals surface area contributed by atoms with Gasteiger partial charge in [0, 0.05) is 19.1 Å². The normalized spacial score (nSPS) is 14.4. The summed E-state index contributed by atoms with van der Waals surface area (Å²) in [7, 11) is 3.27. The molecule has 25 heavy (non-hydrogen) atoms. The molecular weight excluding hydrogens is 318 g/mol. The second kappa shape index (κ2) is 10.00. The van der Waals surface area contributed by atoms with E-state index in [-0.39, 0.29) is 5.60 Å². The molecule has 0 saturated heterocycles. The average Bonchev–Trinajstić information content (AvgIpc) is 2.57. The summed E-state index contributed by atoms with van der Waals surface area (Å²) in [5, 5.41) is 10.4. The Kier molecular flexibility index (Phi) is 8.69. The van der Waals surface area contributed by atoms with Crippen molar-refractivity contribution < 1.29 is 19.3 Å². The Labute approximate surface area is 152 Å². The van der Waals surface area contributed by atoms with E-state index in [9.17, 15) is 5.11 Å². The van der Waals surface area contributed by atoms with Gasteiger partial charge in [0.05, 0.1) is 32.5 Å². The van der Waals surface area contributed by atoms with Crippen LogP contribution in [0.15, 0.2) is 18.2 Å². The maximum atomic E-state index is 10.4. The smallest absolute Gasteiger partial charge is 0.161 e. The Balaban J connectivity index is 2.79. The molecule has 0 unspecified atom stereocenters. The number of aliphatic hydroxyl groups excluding tert-OH is 1. The molecule has 2 atom stereocenters. The summed E-state index contributed by atoms with van der Waals surface area (Å²) < 4.78 is 16.4. The quantitative estimate of drug-likeness (QED) is 0.698. The number of hydrogen-bond donors (Lipinski definition) is 1. The van der Waals surface area contributed by atoms with Gasteiger partial charge in [-0.25, -0.2) is 0 Å². The van der Waals surface area contributed by atoms with E-state index in [1.165, 1.54) is 0 Å². The second-order valence-electron chi connectivity index (χ2n) is 7.45. The Bertz CT molecular complexity index is 513. The molecule has 1 aromatic carbocycles. The second-order valence-corrected chi connectivity index (χ2v) is 7.45. The summed E-state index contributed by atoms with van der Waals surface area (Å²) in [6.07, 6.45) is 0.494. The maximum absolute atomic E-state index is 10.4. The molecule has 0 fully saturated rings. The molecule has 144 valence electrons. The summed E-state index contributed by atoms with van der Waals surface area (Å²) >= 11 is 0. The van der Waals surface area contributed by atoms with Crippen molar-refractivity contribution in [1.29, 1.82) is 0 Å². The molecule has 1 rings (SSSR count). The number of aliphatic hydroxyl groups is 1. The zero-order valence-corrected chi connectivity index (χ0v) is 16.8. The van der Waals surface area contributed by atoms with E-state index >= 15 is 0 Å². The summed E-state index contributed by atoms with van der Waals surface area (Å²) in [4.78, 5) is 2.28. The van der Waals surface area contributed by atoms with Gasteiger partial charge >= 0.3 is 0 Å². The van der Waals surface area contributed by atoms with Crippen molar-refractivity contribution >= 4 is 0 Å². The summed E-state index contributed by atoms with van der Waals surface area (Å²) in [5.74, 6) is 1.45. The fourth-order valence-corrected chi connectivity index (χ4v) is 2.54. The Morgan fingerprint density at radius 3 is 2.28 bits per heavy atom. The van der Waals surface area contributed by atoms with Crippen molar-refractivity contribution in [2.24, 2.45) is 0 Å². The van der Waals surface area contributed by atoms with Crippen LogP contribution in [0, 0.1) is 0 Å². The van der Waals surface area contributed by atoms with Gasteiger partial charge in [-0.1, -0.05) is 13.0 Å². The van der Waals surface area contributed by atoms with Crippen LogP contribution in [0.5, 0.6) is 11.5 Å². The lowest BCUT2D eigenvalue weighted by Crippen LogP contribution is -2.41. The van der Waals surface area contributed by atoms with Crippen LogP contribution in [-0.4, -0.2) is 55.1 Å². The van der Waals surface area contributed by atoms with Crippen LogP contribution < -0.4 is 9.47 Å². The van der Waals surface area contributed by atoms with E-state index in [1.807, 2.05) is 39.0 Å². The maximum Gasteiger partial charge on any atom is 0.161 e. The molecule has 0 aromatic heterocycles. The van der Waals surface area contributed by atoms with Crippen LogP contribution in [0.1, 0.15) is 46.6 Å². The minimum Gasteiger partial charge on any atom is -0.493 e. The van der Waals surface area contributed by atoms with Gasteiger partial charge in [-0.15, -0.1) is 0 Å². The molecule has 5 nitrogen and oxygen atoms in total. The van der Waals surface area contributed by atoms with E-state index in [1.54, 1.807) is 14.2 Å². The number of methoxy groups -OCH3 is 2. The van der Waals surface area contributed by atoms with Gasteiger partial charge in [-0.2, -0.15) is 0 Å². The molecule has 0 saturated carbocycles. The third-order valence-electron chi connectivity index (χ3n) is 4.20. The molecule has 0 bridgehead atoms. The van der Waals surface area contributed by atoms with E-state index in [2.05, 4.69) is 18.7 Å². The number of hydrogen-bond acceptors (Lipinski definition) is 5. The molecular formula is C20H35NO4. The average molecular weight is 354 g/mol. The highest BCUT2D eigenvalue weighted by Gasteiger charge is 2.20. The molecule has 0 spiro atoms. The topological polar surface area (TPSA) is 51.2 Å². The summed E-state index contributed by atoms with van der Waals surface area (Å²) in [5.41, 5.74) is 0.882. The van der Waals surface area contributed by atoms with Crippen molar-refractivity contribution in [1.82, 2.24) is 4.90 Å². The highest BCUT2D eigenvalue weighted by molar-refractivity contribution is 5.42.